The molecule has 9 heteroatoms. The fourth-order valence-corrected chi connectivity index (χ4v) is 4.02. The van der Waals surface area contributed by atoms with E-state index in [4.69, 9.17) is 9.47 Å². The highest BCUT2D eigenvalue weighted by atomic mass is 19.4. The molecule has 0 atom stereocenters. The number of hydrogen-bond donors (Lipinski definition) is 0. The maximum Gasteiger partial charge on any atom is 0.416 e. The second kappa shape index (κ2) is 9.44. The second-order valence-electron chi connectivity index (χ2n) is 8.45. The van der Waals surface area contributed by atoms with Crippen molar-refractivity contribution >= 4 is 21.5 Å². The minimum absolute atomic E-state index is 0.114. The van der Waals surface area contributed by atoms with Crippen LogP contribution in [0.2, 0.25) is 0 Å². The molecule has 3 aromatic heterocycles. The van der Waals surface area contributed by atoms with Crippen LogP contribution in [0.1, 0.15) is 5.56 Å². The zero-order valence-electron chi connectivity index (χ0n) is 19.6. The number of nitrogens with zero attached hydrogens (tertiary/aromatic N) is 4. The van der Waals surface area contributed by atoms with E-state index < -0.39 is 11.7 Å². The van der Waals surface area contributed by atoms with Gasteiger partial charge in [0.05, 0.1) is 11.1 Å². The number of aromatic nitrogens is 4. The molecule has 3 aromatic carbocycles. The Morgan fingerprint density at radius 1 is 0.579 bits per heavy atom. The number of hydrogen-bond acceptors (Lipinski definition) is 6. The summed E-state index contributed by atoms with van der Waals surface area (Å²) in [4.78, 5) is 8.25. The predicted molar refractivity (Wildman–Crippen MR) is 136 cm³/mol. The molecular formula is C29H17F3N4O2. The van der Waals surface area contributed by atoms with E-state index >= 15 is 0 Å². The number of ether oxygens (including phenoxy) is 2. The first kappa shape index (κ1) is 23.4. The van der Waals surface area contributed by atoms with Gasteiger partial charge in [0, 0.05) is 41.6 Å². The standard InChI is InChI=1S/C29H17F3N4O2/c30-29(31,32)23-5-1-20(2-6-23)26-15-27(37-24-7-3-18-9-11-33-16-21(18)13-24)35-36-28(26)38-25-8-4-19-10-12-34-17-22(19)14-25/h1-17H. The lowest BCUT2D eigenvalue weighted by atomic mass is 10.1. The lowest BCUT2D eigenvalue weighted by Gasteiger charge is -2.13. The van der Waals surface area contributed by atoms with Gasteiger partial charge in [0.2, 0.25) is 11.8 Å². The van der Waals surface area contributed by atoms with Gasteiger partial charge in [-0.1, -0.05) is 24.3 Å². The third kappa shape index (κ3) is 4.81. The Kier molecular flexibility index (Phi) is 5.80. The van der Waals surface area contributed by atoms with Crippen LogP contribution in [0.3, 0.4) is 0 Å². The Morgan fingerprint density at radius 3 is 1.79 bits per heavy atom. The molecule has 186 valence electrons. The Hall–Kier alpha value is -5.05. The fraction of sp³-hybridized carbons (Fsp3) is 0.0345. The zero-order valence-corrected chi connectivity index (χ0v) is 19.6. The molecule has 0 aliphatic carbocycles. The van der Waals surface area contributed by atoms with Crippen molar-refractivity contribution in [3.8, 4) is 34.4 Å². The minimum Gasteiger partial charge on any atom is -0.437 e. The lowest BCUT2D eigenvalue weighted by molar-refractivity contribution is -0.137. The van der Waals surface area contributed by atoms with E-state index in [1.165, 1.54) is 12.1 Å². The van der Waals surface area contributed by atoms with Gasteiger partial charge >= 0.3 is 6.18 Å². The molecule has 0 saturated heterocycles. The van der Waals surface area contributed by atoms with E-state index in [2.05, 4.69) is 20.2 Å². The average Bonchev–Trinajstić information content (AvgIpc) is 2.93. The first-order chi connectivity index (χ1) is 18.4. The van der Waals surface area contributed by atoms with Crippen LogP contribution >= 0.6 is 0 Å². The predicted octanol–water partition coefficient (Wildman–Crippen LogP) is 7.84. The number of fused-ring (bicyclic) bond motifs is 2. The van der Waals surface area contributed by atoms with E-state index in [0.29, 0.717) is 22.6 Å². The molecule has 6 aromatic rings. The summed E-state index contributed by atoms with van der Waals surface area (Å²) in [6.45, 7) is 0. The van der Waals surface area contributed by atoms with E-state index in [9.17, 15) is 13.2 Å². The molecule has 0 aliphatic heterocycles. The Balaban J connectivity index is 1.38. The van der Waals surface area contributed by atoms with Gasteiger partial charge in [-0.15, -0.1) is 10.2 Å². The van der Waals surface area contributed by atoms with Crippen LogP contribution in [0.5, 0.6) is 23.3 Å². The van der Waals surface area contributed by atoms with Gasteiger partial charge in [-0.2, -0.15) is 13.2 Å². The van der Waals surface area contributed by atoms with Gasteiger partial charge in [-0.25, -0.2) is 0 Å². The van der Waals surface area contributed by atoms with Gasteiger partial charge in [-0.05, 0) is 64.9 Å². The molecule has 0 unspecified atom stereocenters. The van der Waals surface area contributed by atoms with Crippen molar-refractivity contribution in [2.24, 2.45) is 0 Å². The van der Waals surface area contributed by atoms with Crippen molar-refractivity contribution in [2.45, 2.75) is 6.18 Å². The molecule has 0 amide bonds. The topological polar surface area (TPSA) is 70.0 Å². The molecule has 6 nitrogen and oxygen atoms in total. The number of rotatable bonds is 5. The molecule has 0 radical (unpaired) electrons. The van der Waals surface area contributed by atoms with E-state index in [-0.39, 0.29) is 11.8 Å². The third-order valence-electron chi connectivity index (χ3n) is 5.92. The van der Waals surface area contributed by atoms with E-state index in [1.54, 1.807) is 49.1 Å². The third-order valence-corrected chi connectivity index (χ3v) is 5.92. The molecule has 0 bridgehead atoms. The maximum absolute atomic E-state index is 13.2. The van der Waals surface area contributed by atoms with Gasteiger partial charge in [0.25, 0.3) is 0 Å². The number of halogens is 3. The van der Waals surface area contributed by atoms with E-state index in [1.807, 2.05) is 30.3 Å². The van der Waals surface area contributed by atoms with Gasteiger partial charge in [-0.3, -0.25) is 9.97 Å². The SMILES string of the molecule is FC(F)(F)c1ccc(-c2cc(Oc3ccc4ccncc4c3)nnc2Oc2ccc3ccncc3c2)cc1. The van der Waals surface area contributed by atoms with Crippen LogP contribution < -0.4 is 9.47 Å². The molecule has 3 heterocycles. The highest BCUT2D eigenvalue weighted by Gasteiger charge is 2.30. The van der Waals surface area contributed by atoms with Crippen LogP contribution in [-0.2, 0) is 6.18 Å². The molecule has 38 heavy (non-hydrogen) atoms. The van der Waals surface area contributed by atoms with Crippen molar-refractivity contribution in [1.29, 1.82) is 0 Å². The van der Waals surface area contributed by atoms with Crippen molar-refractivity contribution in [3.05, 3.63) is 109 Å². The molecule has 6 rings (SSSR count). The summed E-state index contributed by atoms with van der Waals surface area (Å²) < 4.78 is 51.5. The van der Waals surface area contributed by atoms with Crippen LogP contribution in [0.15, 0.2) is 104 Å². The number of pyridine rings is 2. The van der Waals surface area contributed by atoms with Gasteiger partial charge in [0.15, 0.2) is 0 Å². The lowest BCUT2D eigenvalue weighted by Crippen LogP contribution is -2.04. The summed E-state index contributed by atoms with van der Waals surface area (Å²) >= 11 is 0. The fourth-order valence-electron chi connectivity index (χ4n) is 4.02. The Morgan fingerprint density at radius 2 is 1.18 bits per heavy atom. The van der Waals surface area contributed by atoms with Gasteiger partial charge < -0.3 is 9.47 Å². The summed E-state index contributed by atoms with van der Waals surface area (Å²) in [6.07, 6.45) is 2.38. The molecule has 0 N–H and O–H groups in total. The Labute approximate surface area is 214 Å². The van der Waals surface area contributed by atoms with Crippen LogP contribution in [0.25, 0.3) is 32.7 Å². The number of alkyl halides is 3. The highest BCUT2D eigenvalue weighted by molar-refractivity contribution is 5.83. The summed E-state index contributed by atoms with van der Waals surface area (Å²) in [5.41, 5.74) is 0.115. The van der Waals surface area contributed by atoms with Crippen LogP contribution in [-0.4, -0.2) is 20.2 Å². The second-order valence-corrected chi connectivity index (χ2v) is 8.45. The van der Waals surface area contributed by atoms with Crippen LogP contribution in [0.4, 0.5) is 13.2 Å². The summed E-state index contributed by atoms with van der Waals surface area (Å²) in [5, 5.41) is 12.1. The van der Waals surface area contributed by atoms with E-state index in [0.717, 1.165) is 33.7 Å². The zero-order chi connectivity index (χ0) is 26.1. The van der Waals surface area contributed by atoms with Crippen molar-refractivity contribution in [1.82, 2.24) is 20.2 Å². The smallest absolute Gasteiger partial charge is 0.416 e. The summed E-state index contributed by atoms with van der Waals surface area (Å²) in [5.74, 6) is 1.25. The largest absolute Gasteiger partial charge is 0.437 e. The van der Waals surface area contributed by atoms with Crippen molar-refractivity contribution < 1.29 is 22.6 Å². The number of benzene rings is 3. The molecule has 0 aliphatic rings. The maximum atomic E-state index is 13.2. The van der Waals surface area contributed by atoms with Gasteiger partial charge in [0.1, 0.15) is 11.5 Å². The summed E-state index contributed by atoms with van der Waals surface area (Å²) in [7, 11) is 0. The van der Waals surface area contributed by atoms with Crippen LogP contribution in [0, 0.1) is 0 Å². The summed E-state index contributed by atoms with van der Waals surface area (Å²) in [6, 6.07) is 21.0. The van der Waals surface area contributed by atoms with Crippen molar-refractivity contribution in [2.75, 3.05) is 0 Å². The minimum atomic E-state index is -4.45. The Bertz CT molecular complexity index is 1770. The van der Waals surface area contributed by atoms with Crippen molar-refractivity contribution in [3.63, 3.8) is 0 Å². The first-order valence-corrected chi connectivity index (χ1v) is 11.5. The quantitative estimate of drug-likeness (QED) is 0.235. The normalized spacial score (nSPS) is 11.6. The highest BCUT2D eigenvalue weighted by Crippen LogP contribution is 2.37. The molecule has 0 saturated carbocycles. The average molecular weight is 510 g/mol. The first-order valence-electron chi connectivity index (χ1n) is 11.5. The molecular weight excluding hydrogens is 493 g/mol. The monoisotopic (exact) mass is 510 g/mol. The molecule has 0 fully saturated rings. The molecule has 0 spiro atoms.